The van der Waals surface area contributed by atoms with Gasteiger partial charge < -0.3 is 0 Å². The van der Waals surface area contributed by atoms with Gasteiger partial charge in [0.2, 0.25) is 11.8 Å². The molecule has 0 radical (unpaired) electrons. The number of amides is 2. The molecule has 3 fully saturated rings. The molecule has 2 saturated carbocycles. The highest BCUT2D eigenvalue weighted by molar-refractivity contribution is 6.06. The van der Waals surface area contributed by atoms with Gasteiger partial charge in [0.15, 0.2) is 0 Å². The minimum absolute atomic E-state index is 0.00705. The van der Waals surface area contributed by atoms with Crippen LogP contribution in [0.3, 0.4) is 0 Å². The first-order valence-electron chi connectivity index (χ1n) is 8.30. The van der Waals surface area contributed by atoms with Crippen LogP contribution in [0.5, 0.6) is 0 Å². The normalized spacial score (nSPS) is 34.2. The van der Waals surface area contributed by atoms with Crippen molar-refractivity contribution in [3.8, 4) is 0 Å². The second-order valence-electron chi connectivity index (χ2n) is 7.41. The molecule has 2 bridgehead atoms. The summed E-state index contributed by atoms with van der Waals surface area (Å²) in [5.41, 5.74) is 0.955. The summed E-state index contributed by atoms with van der Waals surface area (Å²) < 4.78 is 0. The van der Waals surface area contributed by atoms with Crippen molar-refractivity contribution in [1.29, 1.82) is 0 Å². The zero-order valence-corrected chi connectivity index (χ0v) is 12.9. The van der Waals surface area contributed by atoms with Gasteiger partial charge in [-0.1, -0.05) is 24.3 Å². The van der Waals surface area contributed by atoms with Crippen LogP contribution < -0.4 is 0 Å². The fourth-order valence-corrected chi connectivity index (χ4v) is 5.20. The molecular formula is C18H16N2O4. The van der Waals surface area contributed by atoms with Gasteiger partial charge in [0.1, 0.15) is 0 Å². The Labute approximate surface area is 138 Å². The van der Waals surface area contributed by atoms with Gasteiger partial charge in [-0.05, 0) is 35.7 Å². The van der Waals surface area contributed by atoms with Crippen LogP contribution >= 0.6 is 0 Å². The molecule has 1 saturated heterocycles. The molecule has 2 amide bonds. The van der Waals surface area contributed by atoms with Gasteiger partial charge in [-0.2, -0.15) is 0 Å². The third-order valence-electron chi connectivity index (χ3n) is 6.43. The van der Waals surface area contributed by atoms with Crippen LogP contribution in [0.1, 0.15) is 18.4 Å². The lowest BCUT2D eigenvalue weighted by Crippen LogP contribution is -2.34. The highest BCUT2D eigenvalue weighted by Crippen LogP contribution is 2.73. The smallest absolute Gasteiger partial charge is 0.269 e. The van der Waals surface area contributed by atoms with Gasteiger partial charge in [-0.25, -0.2) is 0 Å². The van der Waals surface area contributed by atoms with Crippen LogP contribution in [0.4, 0.5) is 5.69 Å². The number of allylic oxidation sites excluding steroid dienone is 2. The van der Waals surface area contributed by atoms with E-state index < -0.39 is 4.92 Å². The van der Waals surface area contributed by atoms with Crippen molar-refractivity contribution in [1.82, 2.24) is 4.90 Å². The number of rotatable bonds is 3. The summed E-state index contributed by atoms with van der Waals surface area (Å²) in [6.45, 7) is 0.203. The standard InChI is InChI=1S/C18H16N2O4/c21-16-14-12-5-6-13(18(12)7-8-18)15(14)17(22)19(16)9-10-1-3-11(4-2-10)20(23)24/h1-6,12-15H,7-9H2/t12-,13-,14+,15+/m1/s1. The average molecular weight is 324 g/mol. The topological polar surface area (TPSA) is 80.5 Å². The Kier molecular flexibility index (Phi) is 2.50. The fourth-order valence-electron chi connectivity index (χ4n) is 5.20. The first-order chi connectivity index (χ1) is 11.5. The number of non-ortho nitro benzene ring substituents is 1. The first kappa shape index (κ1) is 13.9. The molecule has 5 rings (SSSR count). The predicted octanol–water partition coefficient (Wildman–Crippen LogP) is 2.29. The summed E-state index contributed by atoms with van der Waals surface area (Å²) in [7, 11) is 0. The zero-order valence-electron chi connectivity index (χ0n) is 12.9. The van der Waals surface area contributed by atoms with Crippen molar-refractivity contribution in [2.24, 2.45) is 29.1 Å². The third-order valence-corrected chi connectivity index (χ3v) is 6.43. The highest BCUT2D eigenvalue weighted by Gasteiger charge is 2.73. The molecule has 4 atom stereocenters. The average Bonchev–Trinajstić information content (AvgIpc) is 3.18. The molecule has 0 aromatic heterocycles. The minimum atomic E-state index is -0.460. The van der Waals surface area contributed by atoms with Gasteiger partial charge in [0.05, 0.1) is 23.3 Å². The summed E-state index contributed by atoms with van der Waals surface area (Å²) >= 11 is 0. The van der Waals surface area contributed by atoms with E-state index in [1.807, 2.05) is 0 Å². The van der Waals surface area contributed by atoms with E-state index in [9.17, 15) is 19.7 Å². The molecule has 1 aromatic rings. The predicted molar refractivity (Wildman–Crippen MR) is 83.4 cm³/mol. The maximum Gasteiger partial charge on any atom is 0.269 e. The molecular weight excluding hydrogens is 308 g/mol. The van der Waals surface area contributed by atoms with E-state index in [0.29, 0.717) is 0 Å². The molecule has 1 aromatic carbocycles. The molecule has 6 nitrogen and oxygen atoms in total. The Morgan fingerprint density at radius 1 is 1.04 bits per heavy atom. The minimum Gasteiger partial charge on any atom is -0.278 e. The van der Waals surface area contributed by atoms with E-state index in [1.165, 1.54) is 17.0 Å². The molecule has 1 heterocycles. The van der Waals surface area contributed by atoms with Crippen molar-refractivity contribution in [3.63, 3.8) is 0 Å². The summed E-state index contributed by atoms with van der Waals surface area (Å²) in [5, 5.41) is 10.7. The molecule has 122 valence electrons. The van der Waals surface area contributed by atoms with Crippen LogP contribution in [-0.4, -0.2) is 21.6 Å². The number of nitro benzene ring substituents is 1. The second kappa shape index (κ2) is 4.32. The zero-order chi connectivity index (χ0) is 16.6. The number of hydrogen-bond acceptors (Lipinski definition) is 4. The summed E-state index contributed by atoms with van der Waals surface area (Å²) in [5.74, 6) is -0.0457. The molecule has 1 spiro atoms. The monoisotopic (exact) mass is 324 g/mol. The highest BCUT2D eigenvalue weighted by atomic mass is 16.6. The summed E-state index contributed by atoms with van der Waals surface area (Å²) in [4.78, 5) is 37.3. The molecule has 24 heavy (non-hydrogen) atoms. The Morgan fingerprint density at radius 3 is 2.04 bits per heavy atom. The Balaban J connectivity index is 1.40. The van der Waals surface area contributed by atoms with E-state index in [-0.39, 0.29) is 53.1 Å². The summed E-state index contributed by atoms with van der Waals surface area (Å²) in [6.07, 6.45) is 6.56. The Morgan fingerprint density at radius 2 is 1.58 bits per heavy atom. The van der Waals surface area contributed by atoms with Crippen molar-refractivity contribution >= 4 is 17.5 Å². The largest absolute Gasteiger partial charge is 0.278 e. The van der Waals surface area contributed by atoms with Gasteiger partial charge in [-0.15, -0.1) is 0 Å². The quantitative estimate of drug-likeness (QED) is 0.370. The number of carbonyl (C=O) groups is 2. The fraction of sp³-hybridized carbons (Fsp3) is 0.444. The Bertz CT molecular complexity index is 775. The molecule has 6 heteroatoms. The number of hydrogen-bond donors (Lipinski definition) is 0. The van der Waals surface area contributed by atoms with E-state index in [1.54, 1.807) is 12.1 Å². The summed E-state index contributed by atoms with van der Waals surface area (Å²) in [6, 6.07) is 6.04. The molecule has 0 unspecified atom stereocenters. The van der Waals surface area contributed by atoms with Crippen LogP contribution in [0.2, 0.25) is 0 Å². The van der Waals surface area contributed by atoms with Crippen LogP contribution in [-0.2, 0) is 16.1 Å². The lowest BCUT2D eigenvalue weighted by Gasteiger charge is -2.21. The lowest BCUT2D eigenvalue weighted by molar-refractivity contribution is -0.384. The maximum absolute atomic E-state index is 12.8. The third kappa shape index (κ3) is 1.56. The van der Waals surface area contributed by atoms with Gasteiger partial charge in [-0.3, -0.25) is 24.6 Å². The number of nitrogens with zero attached hydrogens (tertiary/aromatic N) is 2. The molecule has 1 aliphatic heterocycles. The van der Waals surface area contributed by atoms with E-state index in [2.05, 4.69) is 12.2 Å². The molecule has 4 aliphatic rings. The van der Waals surface area contributed by atoms with Crippen molar-refractivity contribution < 1.29 is 14.5 Å². The van der Waals surface area contributed by atoms with Crippen LogP contribution in [0.25, 0.3) is 0 Å². The Hall–Kier alpha value is -2.50. The number of benzene rings is 1. The maximum atomic E-state index is 12.8. The van der Waals surface area contributed by atoms with Crippen molar-refractivity contribution in [3.05, 3.63) is 52.1 Å². The first-order valence-corrected chi connectivity index (χ1v) is 8.30. The van der Waals surface area contributed by atoms with Crippen LogP contribution in [0.15, 0.2) is 36.4 Å². The number of fused-ring (bicyclic) bond motifs is 3. The van der Waals surface area contributed by atoms with Gasteiger partial charge in [0, 0.05) is 12.1 Å². The number of carbonyl (C=O) groups excluding carboxylic acids is 2. The number of likely N-dealkylation sites (tertiary alicyclic amines) is 1. The number of imide groups is 1. The van der Waals surface area contributed by atoms with Crippen molar-refractivity contribution in [2.45, 2.75) is 19.4 Å². The second-order valence-corrected chi connectivity index (χ2v) is 7.41. The van der Waals surface area contributed by atoms with E-state index in [0.717, 1.165) is 18.4 Å². The van der Waals surface area contributed by atoms with E-state index >= 15 is 0 Å². The SMILES string of the molecule is O=C1[C@@H]2[C@@H](C(=O)N1Cc1ccc([N+](=O)[O-])cc1)[C@H]1C=C[C@H]2C12CC2. The van der Waals surface area contributed by atoms with Crippen molar-refractivity contribution in [2.75, 3.05) is 0 Å². The van der Waals surface area contributed by atoms with Crippen LogP contribution in [0, 0.1) is 39.2 Å². The molecule has 3 aliphatic carbocycles. The van der Waals surface area contributed by atoms with E-state index in [4.69, 9.17) is 0 Å². The lowest BCUT2D eigenvalue weighted by atomic mass is 9.85. The van der Waals surface area contributed by atoms with Gasteiger partial charge in [0.25, 0.3) is 5.69 Å². The number of nitro groups is 1. The molecule has 0 N–H and O–H groups in total. The van der Waals surface area contributed by atoms with Gasteiger partial charge >= 0.3 is 0 Å².